The summed E-state index contributed by atoms with van der Waals surface area (Å²) in [6.45, 7) is 7.32. The van der Waals surface area contributed by atoms with Crippen LogP contribution in [0.3, 0.4) is 0 Å². The highest BCUT2D eigenvalue weighted by atomic mass is 32.2. The molecule has 1 atom stereocenters. The number of nitrogens with two attached hydrogens (primary N) is 1. The monoisotopic (exact) mass is 365 g/mol. The van der Waals surface area contributed by atoms with Crippen molar-refractivity contribution in [2.75, 3.05) is 18.8 Å². The first-order chi connectivity index (χ1) is 11.9. The lowest BCUT2D eigenvalue weighted by Crippen LogP contribution is -2.27. The number of nitrogens with zero attached hydrogens (tertiary/aromatic N) is 4. The average molecular weight is 366 g/mol. The van der Waals surface area contributed by atoms with Crippen molar-refractivity contribution in [3.8, 4) is 0 Å². The van der Waals surface area contributed by atoms with Gasteiger partial charge >= 0.3 is 0 Å². The van der Waals surface area contributed by atoms with Gasteiger partial charge in [-0.3, -0.25) is 9.58 Å². The topological polar surface area (TPSA) is 94.1 Å². The Bertz CT molecular complexity index is 741. The normalized spacial score (nSPS) is 13.3. The largest absolute Gasteiger partial charge is 0.298 e. The fourth-order valence-corrected chi connectivity index (χ4v) is 3.77. The summed E-state index contributed by atoms with van der Waals surface area (Å²) in [6, 6.07) is 9.81. The molecule has 7 nitrogen and oxygen atoms in total. The number of primary sulfonamides is 1. The van der Waals surface area contributed by atoms with E-state index in [1.807, 2.05) is 36.5 Å². The van der Waals surface area contributed by atoms with Crippen molar-refractivity contribution in [2.24, 2.45) is 11.1 Å². The number of sulfonamides is 1. The first-order valence-electron chi connectivity index (χ1n) is 8.55. The van der Waals surface area contributed by atoms with E-state index in [0.29, 0.717) is 13.0 Å². The third-order valence-electron chi connectivity index (χ3n) is 4.15. The molecule has 2 aromatic rings. The highest BCUT2D eigenvalue weighted by molar-refractivity contribution is 7.89. The van der Waals surface area contributed by atoms with E-state index >= 15 is 0 Å². The predicted octanol–water partition coefficient (Wildman–Crippen LogP) is 1.27. The maximum atomic E-state index is 11.6. The van der Waals surface area contributed by atoms with Gasteiger partial charge in [0.15, 0.2) is 0 Å². The van der Waals surface area contributed by atoms with E-state index in [4.69, 9.17) is 5.14 Å². The van der Waals surface area contributed by atoms with E-state index in [-0.39, 0.29) is 11.7 Å². The molecule has 0 aliphatic heterocycles. The van der Waals surface area contributed by atoms with Crippen LogP contribution >= 0.6 is 0 Å². The van der Waals surface area contributed by atoms with Gasteiger partial charge in [0.05, 0.1) is 11.4 Å². The number of benzene rings is 1. The summed E-state index contributed by atoms with van der Waals surface area (Å²) < 4.78 is 24.9. The van der Waals surface area contributed by atoms with Crippen LogP contribution in [0.15, 0.2) is 36.5 Å². The fourth-order valence-electron chi connectivity index (χ4n) is 2.89. The molecule has 1 heterocycles. The molecular formula is C17H27N5O2S. The molecule has 2 rings (SSSR count). The molecule has 0 radical (unpaired) electrons. The third-order valence-corrected chi connectivity index (χ3v) is 5.08. The van der Waals surface area contributed by atoms with E-state index in [0.717, 1.165) is 30.9 Å². The van der Waals surface area contributed by atoms with Gasteiger partial charge in [0.25, 0.3) is 0 Å². The number of hydrogen-bond acceptors (Lipinski definition) is 5. The Labute approximate surface area is 149 Å². The molecule has 0 saturated heterocycles. The Hall–Kier alpha value is -1.77. The average Bonchev–Trinajstić information content (AvgIpc) is 2.99. The summed E-state index contributed by atoms with van der Waals surface area (Å²) in [5, 5.41) is 13.6. The molecule has 1 aromatic heterocycles. The molecule has 0 aliphatic rings. The van der Waals surface area contributed by atoms with Crippen LogP contribution in [0.2, 0.25) is 0 Å². The lowest BCUT2D eigenvalue weighted by molar-refractivity contribution is 0.292. The van der Waals surface area contributed by atoms with Crippen LogP contribution < -0.4 is 5.14 Å². The fraction of sp³-hybridized carbons (Fsp3) is 0.529. The van der Waals surface area contributed by atoms with Crippen molar-refractivity contribution >= 4 is 10.0 Å². The summed E-state index contributed by atoms with van der Waals surface area (Å²) in [5.41, 5.74) is 1.97. The van der Waals surface area contributed by atoms with Crippen molar-refractivity contribution in [2.45, 2.75) is 33.4 Å². The quantitative estimate of drug-likeness (QED) is 0.684. The Morgan fingerprint density at radius 3 is 2.48 bits per heavy atom. The van der Waals surface area contributed by atoms with E-state index in [1.165, 1.54) is 0 Å². The van der Waals surface area contributed by atoms with E-state index < -0.39 is 10.0 Å². The van der Waals surface area contributed by atoms with Crippen molar-refractivity contribution < 1.29 is 8.42 Å². The Balaban J connectivity index is 2.07. The lowest BCUT2D eigenvalue weighted by Gasteiger charge is -2.16. The smallest absolute Gasteiger partial charge is 0.209 e. The summed E-state index contributed by atoms with van der Waals surface area (Å²) in [7, 11) is -3.55. The van der Waals surface area contributed by atoms with Gasteiger partial charge in [0, 0.05) is 19.3 Å². The van der Waals surface area contributed by atoms with Crippen molar-refractivity contribution in [3.05, 3.63) is 47.8 Å². The van der Waals surface area contributed by atoms with Gasteiger partial charge in [-0.1, -0.05) is 49.4 Å². The predicted molar refractivity (Wildman–Crippen MR) is 98.3 cm³/mol. The highest BCUT2D eigenvalue weighted by Crippen LogP contribution is 2.13. The van der Waals surface area contributed by atoms with Gasteiger partial charge < -0.3 is 0 Å². The molecule has 2 N–H and O–H groups in total. The number of hydrogen-bond donors (Lipinski definition) is 1. The van der Waals surface area contributed by atoms with E-state index in [2.05, 4.69) is 29.1 Å². The molecular weight excluding hydrogens is 338 g/mol. The zero-order valence-electron chi connectivity index (χ0n) is 14.9. The van der Waals surface area contributed by atoms with Crippen LogP contribution in [-0.4, -0.2) is 47.2 Å². The van der Waals surface area contributed by atoms with Gasteiger partial charge in [0.1, 0.15) is 0 Å². The molecule has 0 unspecified atom stereocenters. The maximum absolute atomic E-state index is 11.6. The lowest BCUT2D eigenvalue weighted by atomic mass is 10.0. The third kappa shape index (κ3) is 6.93. The molecule has 1 aromatic carbocycles. The number of rotatable bonds is 10. The minimum absolute atomic E-state index is 0.0763. The van der Waals surface area contributed by atoms with E-state index in [9.17, 15) is 8.42 Å². The first kappa shape index (κ1) is 19.6. The molecule has 0 fully saturated rings. The number of aromatic nitrogens is 3. The van der Waals surface area contributed by atoms with Gasteiger partial charge in [0.2, 0.25) is 10.0 Å². The summed E-state index contributed by atoms with van der Waals surface area (Å²) in [6.07, 6.45) is 2.52. The van der Waals surface area contributed by atoms with Crippen molar-refractivity contribution in [1.29, 1.82) is 0 Å². The van der Waals surface area contributed by atoms with Crippen LogP contribution in [0.1, 0.15) is 25.1 Å². The van der Waals surface area contributed by atoms with Crippen LogP contribution in [0.25, 0.3) is 0 Å². The van der Waals surface area contributed by atoms with Crippen LogP contribution in [0, 0.1) is 5.92 Å². The molecule has 0 amide bonds. The Morgan fingerprint density at radius 2 is 1.88 bits per heavy atom. The standard InChI is InChI=1S/C17H27N5O2S/c1-3-21(4-2)12-17-13-22(20-19-17)11-16(14-25(18,23)24)10-15-8-6-5-7-9-15/h5-9,13,16H,3-4,10-12,14H2,1-2H3,(H2,18,23,24)/t16-/m0/s1. The minimum Gasteiger partial charge on any atom is -0.298 e. The zero-order chi connectivity index (χ0) is 18.3. The second kappa shape index (κ2) is 9.07. The minimum atomic E-state index is -3.55. The Morgan fingerprint density at radius 1 is 1.20 bits per heavy atom. The second-order valence-electron chi connectivity index (χ2n) is 6.28. The molecule has 0 bridgehead atoms. The Kier molecular flexibility index (Phi) is 7.10. The zero-order valence-corrected chi connectivity index (χ0v) is 15.7. The van der Waals surface area contributed by atoms with Gasteiger partial charge in [-0.25, -0.2) is 13.6 Å². The molecule has 8 heteroatoms. The van der Waals surface area contributed by atoms with Crippen LogP contribution in [0.4, 0.5) is 0 Å². The second-order valence-corrected chi connectivity index (χ2v) is 7.94. The van der Waals surface area contributed by atoms with Gasteiger partial charge in [-0.2, -0.15) is 0 Å². The van der Waals surface area contributed by atoms with Crippen molar-refractivity contribution in [3.63, 3.8) is 0 Å². The van der Waals surface area contributed by atoms with E-state index in [1.54, 1.807) is 4.68 Å². The molecule has 25 heavy (non-hydrogen) atoms. The summed E-state index contributed by atoms with van der Waals surface area (Å²) in [5.74, 6) is -0.229. The SMILES string of the molecule is CCN(CC)Cc1cn(C[C@H](Cc2ccccc2)CS(N)(=O)=O)nn1. The van der Waals surface area contributed by atoms with Crippen molar-refractivity contribution in [1.82, 2.24) is 19.9 Å². The summed E-state index contributed by atoms with van der Waals surface area (Å²) in [4.78, 5) is 2.25. The van der Waals surface area contributed by atoms with Crippen LogP contribution in [0.5, 0.6) is 0 Å². The molecule has 0 spiro atoms. The van der Waals surface area contributed by atoms with Gasteiger partial charge in [-0.15, -0.1) is 5.10 Å². The van der Waals surface area contributed by atoms with Crippen LogP contribution in [-0.2, 0) is 29.5 Å². The molecule has 138 valence electrons. The first-order valence-corrected chi connectivity index (χ1v) is 10.3. The molecule has 0 saturated carbocycles. The maximum Gasteiger partial charge on any atom is 0.209 e. The molecule has 0 aliphatic carbocycles. The van der Waals surface area contributed by atoms with Gasteiger partial charge in [-0.05, 0) is 31.0 Å². The highest BCUT2D eigenvalue weighted by Gasteiger charge is 2.18. The summed E-state index contributed by atoms with van der Waals surface area (Å²) >= 11 is 0.